The van der Waals surface area contributed by atoms with E-state index in [0.29, 0.717) is 0 Å². The van der Waals surface area contributed by atoms with Gasteiger partial charge in [0.15, 0.2) is 0 Å². The van der Waals surface area contributed by atoms with Gasteiger partial charge >= 0.3 is 0 Å². The van der Waals surface area contributed by atoms with E-state index in [1.165, 1.54) is 42.4 Å². The number of ether oxygens (including phenoxy) is 1. The fourth-order valence-electron chi connectivity index (χ4n) is 3.30. The second-order valence-corrected chi connectivity index (χ2v) is 5.82. The summed E-state index contributed by atoms with van der Waals surface area (Å²) in [4.78, 5) is 0. The smallest absolute Gasteiger partial charge is 0.127 e. The van der Waals surface area contributed by atoms with Crippen molar-refractivity contribution < 1.29 is 4.74 Å². The number of benzene rings is 1. The maximum atomic E-state index is 5.91. The van der Waals surface area contributed by atoms with Gasteiger partial charge < -0.3 is 4.74 Å². The summed E-state index contributed by atoms with van der Waals surface area (Å²) in [5, 5.41) is 0. The zero-order valence-electron chi connectivity index (χ0n) is 12.0. The van der Waals surface area contributed by atoms with Crippen LogP contribution < -0.4 is 16.0 Å². The molecule has 0 saturated heterocycles. The highest BCUT2D eigenvalue weighted by Crippen LogP contribution is 2.36. The van der Waals surface area contributed by atoms with Gasteiger partial charge in [-0.1, -0.05) is 29.8 Å². The molecule has 20 heavy (non-hydrogen) atoms. The van der Waals surface area contributed by atoms with Gasteiger partial charge in [0, 0.05) is 5.56 Å². The van der Waals surface area contributed by atoms with E-state index in [1.54, 1.807) is 0 Å². The zero-order chi connectivity index (χ0) is 13.8. The molecule has 108 valence electrons. The van der Waals surface area contributed by atoms with Gasteiger partial charge in [0.05, 0.1) is 12.6 Å². The Kier molecular flexibility index (Phi) is 4.38. The topological polar surface area (TPSA) is 47.3 Å². The van der Waals surface area contributed by atoms with Crippen LogP contribution in [0.1, 0.15) is 55.7 Å². The molecule has 0 saturated carbocycles. The van der Waals surface area contributed by atoms with Crippen molar-refractivity contribution >= 4 is 0 Å². The highest BCUT2D eigenvalue weighted by Gasteiger charge is 2.21. The molecule has 1 aliphatic heterocycles. The highest BCUT2D eigenvalue weighted by atomic mass is 16.5. The van der Waals surface area contributed by atoms with E-state index in [9.17, 15) is 0 Å². The number of fused-ring (bicyclic) bond motifs is 1. The molecule has 0 fully saturated rings. The van der Waals surface area contributed by atoms with Crippen molar-refractivity contribution in [3.63, 3.8) is 0 Å². The molecule has 0 aromatic heterocycles. The molecule has 1 aromatic carbocycles. The number of para-hydroxylation sites is 1. The molecule has 2 aliphatic rings. The average Bonchev–Trinajstić information content (AvgIpc) is 2.53. The standard InChI is InChI=1S/C17H24N2O/c18-19-16(12-13-6-2-1-3-7-13)15-10-4-8-14-9-5-11-20-17(14)15/h4,6,8,10,16,19H,1-3,5,7,9,11-12,18H2. The summed E-state index contributed by atoms with van der Waals surface area (Å²) < 4.78 is 5.91. The van der Waals surface area contributed by atoms with Crippen molar-refractivity contribution in [2.45, 2.75) is 51.0 Å². The Bertz CT molecular complexity index is 496. The van der Waals surface area contributed by atoms with Gasteiger partial charge in [0.1, 0.15) is 5.75 Å². The van der Waals surface area contributed by atoms with E-state index in [0.717, 1.165) is 31.6 Å². The van der Waals surface area contributed by atoms with Crippen LogP contribution in [0.25, 0.3) is 0 Å². The van der Waals surface area contributed by atoms with Crippen molar-refractivity contribution in [2.24, 2.45) is 5.84 Å². The van der Waals surface area contributed by atoms with E-state index in [4.69, 9.17) is 10.6 Å². The summed E-state index contributed by atoms with van der Waals surface area (Å²) in [6.07, 6.45) is 10.7. The zero-order valence-corrected chi connectivity index (χ0v) is 12.0. The minimum atomic E-state index is 0.160. The van der Waals surface area contributed by atoms with Gasteiger partial charge in [0.2, 0.25) is 0 Å². The molecule has 1 aliphatic carbocycles. The van der Waals surface area contributed by atoms with E-state index in [-0.39, 0.29) is 6.04 Å². The summed E-state index contributed by atoms with van der Waals surface area (Å²) >= 11 is 0. The normalized spacial score (nSPS) is 19.8. The first-order valence-electron chi connectivity index (χ1n) is 7.77. The number of allylic oxidation sites excluding steroid dienone is 1. The molecule has 0 bridgehead atoms. The van der Waals surface area contributed by atoms with Gasteiger partial charge in [-0.3, -0.25) is 11.3 Å². The van der Waals surface area contributed by atoms with E-state index in [1.807, 2.05) is 0 Å². The van der Waals surface area contributed by atoms with Crippen LogP contribution in [0.4, 0.5) is 0 Å². The monoisotopic (exact) mass is 272 g/mol. The lowest BCUT2D eigenvalue weighted by atomic mass is 9.90. The van der Waals surface area contributed by atoms with Crippen LogP contribution in [0.15, 0.2) is 29.8 Å². The number of hydrazine groups is 1. The fourth-order valence-corrected chi connectivity index (χ4v) is 3.30. The number of rotatable bonds is 4. The lowest BCUT2D eigenvalue weighted by Gasteiger charge is -2.26. The van der Waals surface area contributed by atoms with Gasteiger partial charge in [-0.15, -0.1) is 0 Å². The molecule has 3 heteroatoms. The molecule has 1 atom stereocenters. The molecular weight excluding hydrogens is 248 g/mol. The number of nitrogens with two attached hydrogens (primary N) is 1. The van der Waals surface area contributed by atoms with Crippen LogP contribution in [0.3, 0.4) is 0 Å². The van der Waals surface area contributed by atoms with Crippen LogP contribution in [0.2, 0.25) is 0 Å². The van der Waals surface area contributed by atoms with Crippen molar-refractivity contribution in [2.75, 3.05) is 6.61 Å². The first-order valence-corrected chi connectivity index (χ1v) is 7.77. The summed E-state index contributed by atoms with van der Waals surface area (Å²) in [5.74, 6) is 6.89. The number of aryl methyl sites for hydroxylation is 1. The maximum Gasteiger partial charge on any atom is 0.127 e. The van der Waals surface area contributed by atoms with Crippen LogP contribution in [0.5, 0.6) is 5.75 Å². The molecule has 3 N–H and O–H groups in total. The Morgan fingerprint density at radius 2 is 2.15 bits per heavy atom. The molecule has 1 heterocycles. The van der Waals surface area contributed by atoms with Crippen LogP contribution in [-0.2, 0) is 6.42 Å². The van der Waals surface area contributed by atoms with Gasteiger partial charge in [0.25, 0.3) is 0 Å². The third kappa shape index (κ3) is 2.89. The first-order chi connectivity index (χ1) is 9.88. The van der Waals surface area contributed by atoms with E-state index >= 15 is 0 Å². The summed E-state index contributed by atoms with van der Waals surface area (Å²) in [6.45, 7) is 0.823. The molecule has 0 amide bonds. The van der Waals surface area contributed by atoms with Crippen molar-refractivity contribution in [3.05, 3.63) is 41.0 Å². The number of hydrogen-bond donors (Lipinski definition) is 2. The van der Waals surface area contributed by atoms with Crippen LogP contribution in [-0.4, -0.2) is 6.61 Å². The molecule has 0 spiro atoms. The second-order valence-electron chi connectivity index (χ2n) is 5.82. The molecule has 1 aromatic rings. The molecule has 3 rings (SSSR count). The summed E-state index contributed by atoms with van der Waals surface area (Å²) in [5.41, 5.74) is 7.07. The van der Waals surface area contributed by atoms with Gasteiger partial charge in [-0.25, -0.2) is 0 Å². The van der Waals surface area contributed by atoms with Gasteiger partial charge in [-0.2, -0.15) is 0 Å². The van der Waals surface area contributed by atoms with E-state index in [2.05, 4.69) is 29.7 Å². The third-order valence-electron chi connectivity index (χ3n) is 4.39. The van der Waals surface area contributed by atoms with Crippen molar-refractivity contribution in [1.29, 1.82) is 0 Å². The fraction of sp³-hybridized carbons (Fsp3) is 0.529. The van der Waals surface area contributed by atoms with Crippen molar-refractivity contribution in [3.8, 4) is 5.75 Å². The Labute approximate surface area is 121 Å². The summed E-state index contributed by atoms with van der Waals surface area (Å²) in [7, 11) is 0. The van der Waals surface area contributed by atoms with Crippen LogP contribution >= 0.6 is 0 Å². The van der Waals surface area contributed by atoms with Gasteiger partial charge in [-0.05, 0) is 50.5 Å². The lowest BCUT2D eigenvalue weighted by molar-refractivity contribution is 0.281. The second kappa shape index (κ2) is 6.42. The SMILES string of the molecule is NNC(CC1=CCCCC1)c1cccc2c1OCCC2. The highest BCUT2D eigenvalue weighted by molar-refractivity contribution is 5.45. The Morgan fingerprint density at radius 3 is 2.95 bits per heavy atom. The molecular formula is C17H24N2O. The number of nitrogens with one attached hydrogen (secondary N) is 1. The maximum absolute atomic E-state index is 5.91. The van der Waals surface area contributed by atoms with Crippen LogP contribution in [0, 0.1) is 0 Å². The minimum absolute atomic E-state index is 0.160. The predicted molar refractivity (Wildman–Crippen MR) is 81.5 cm³/mol. The largest absolute Gasteiger partial charge is 0.493 e. The molecule has 1 unspecified atom stereocenters. The molecule has 3 nitrogen and oxygen atoms in total. The average molecular weight is 272 g/mol. The third-order valence-corrected chi connectivity index (χ3v) is 4.39. The summed E-state index contributed by atoms with van der Waals surface area (Å²) in [6, 6.07) is 6.61. The Balaban J connectivity index is 1.83. The van der Waals surface area contributed by atoms with Crippen molar-refractivity contribution in [1.82, 2.24) is 5.43 Å². The Hall–Kier alpha value is -1.32. The Morgan fingerprint density at radius 1 is 1.20 bits per heavy atom. The predicted octanol–water partition coefficient (Wildman–Crippen LogP) is 3.41. The minimum Gasteiger partial charge on any atom is -0.493 e. The first kappa shape index (κ1) is 13.7. The lowest BCUT2D eigenvalue weighted by Crippen LogP contribution is -2.29. The number of hydrogen-bond acceptors (Lipinski definition) is 3. The quantitative estimate of drug-likeness (QED) is 0.501. The molecule has 0 radical (unpaired) electrons. The van der Waals surface area contributed by atoms with E-state index < -0.39 is 0 Å².